The monoisotopic (exact) mass is 1330 g/mol. The third kappa shape index (κ3) is 11.9. The second kappa shape index (κ2) is 19.4. The second-order valence-electron chi connectivity index (χ2n) is 17.4. The molecule has 2 saturated heterocycles. The van der Waals surface area contributed by atoms with Crippen molar-refractivity contribution in [3.05, 3.63) is 112 Å². The standard InChI is InChI=1S/C45H48Br8O7/c1-42(2,60-41-36(52)15-26(16-37(41)53)44(5,6)25-13-34(50)40(35(51)14-25)58-21-28-19-55-28)17-27(54)18-57-39-32(48)11-24(12-33(39)49)43(3,4)23-9-30(46)38(31(47)10-23)45(7,8)59-22-29-20-56-29/h9-16,27-29,54H,17-22H2,1-8H3. The van der Waals surface area contributed by atoms with E-state index in [4.69, 9.17) is 28.4 Å². The molecule has 326 valence electrons. The van der Waals surface area contributed by atoms with Crippen molar-refractivity contribution in [1.29, 1.82) is 0 Å². The molecule has 3 atom stereocenters. The van der Waals surface area contributed by atoms with Crippen LogP contribution in [0.25, 0.3) is 0 Å². The van der Waals surface area contributed by atoms with Gasteiger partial charge in [0, 0.05) is 31.8 Å². The molecule has 0 spiro atoms. The van der Waals surface area contributed by atoms with E-state index < -0.39 is 17.3 Å². The molecule has 0 bridgehead atoms. The largest absolute Gasteiger partial charge is 0.489 e. The Morgan fingerprint density at radius 3 is 1.30 bits per heavy atom. The first-order valence-electron chi connectivity index (χ1n) is 19.4. The van der Waals surface area contributed by atoms with Crippen molar-refractivity contribution in [1.82, 2.24) is 0 Å². The van der Waals surface area contributed by atoms with Crippen LogP contribution in [0.1, 0.15) is 89.6 Å². The third-order valence-corrected chi connectivity index (χ3v) is 15.7. The van der Waals surface area contributed by atoms with Gasteiger partial charge in [-0.05, 0) is 194 Å². The van der Waals surface area contributed by atoms with Crippen molar-refractivity contribution in [2.24, 2.45) is 0 Å². The Bertz CT molecular complexity index is 2140. The molecule has 2 heterocycles. The van der Waals surface area contributed by atoms with Gasteiger partial charge in [-0.2, -0.15) is 0 Å². The summed E-state index contributed by atoms with van der Waals surface area (Å²) in [5.74, 6) is 2.02. The van der Waals surface area contributed by atoms with Crippen molar-refractivity contribution in [3.63, 3.8) is 0 Å². The molecule has 6 rings (SSSR count). The molecule has 0 aromatic heterocycles. The molecule has 0 saturated carbocycles. The van der Waals surface area contributed by atoms with Gasteiger partial charge in [0.15, 0.2) is 0 Å². The molecule has 4 aromatic rings. The van der Waals surface area contributed by atoms with Crippen LogP contribution in [0.15, 0.2) is 84.3 Å². The van der Waals surface area contributed by atoms with Crippen LogP contribution in [0.5, 0.6) is 17.2 Å². The number of hydrogen-bond acceptors (Lipinski definition) is 7. The molecule has 2 aliphatic rings. The van der Waals surface area contributed by atoms with Crippen molar-refractivity contribution < 1.29 is 33.5 Å². The lowest BCUT2D eigenvalue weighted by atomic mass is 9.77. The molecule has 7 nitrogen and oxygen atoms in total. The van der Waals surface area contributed by atoms with Gasteiger partial charge in [-0.1, -0.05) is 59.6 Å². The van der Waals surface area contributed by atoms with E-state index in [0.29, 0.717) is 31.1 Å². The maximum absolute atomic E-state index is 11.3. The Balaban J connectivity index is 1.10. The number of rotatable bonds is 18. The molecule has 1 N–H and O–H groups in total. The van der Waals surface area contributed by atoms with Gasteiger partial charge in [0.2, 0.25) is 0 Å². The zero-order valence-corrected chi connectivity index (χ0v) is 47.2. The van der Waals surface area contributed by atoms with E-state index in [1.807, 2.05) is 13.8 Å². The lowest BCUT2D eigenvalue weighted by molar-refractivity contribution is -0.0295. The fourth-order valence-corrected chi connectivity index (χ4v) is 13.3. The number of hydrogen-bond donors (Lipinski definition) is 1. The number of epoxide rings is 2. The van der Waals surface area contributed by atoms with Gasteiger partial charge in [-0.15, -0.1) is 0 Å². The molecule has 2 aliphatic heterocycles. The quantitative estimate of drug-likeness (QED) is 0.0994. The van der Waals surface area contributed by atoms with Gasteiger partial charge in [-0.25, -0.2) is 0 Å². The summed E-state index contributed by atoms with van der Waals surface area (Å²) in [7, 11) is 0. The van der Waals surface area contributed by atoms with Crippen LogP contribution in [0.4, 0.5) is 0 Å². The van der Waals surface area contributed by atoms with E-state index >= 15 is 0 Å². The smallest absolute Gasteiger partial charge is 0.148 e. The first-order chi connectivity index (χ1) is 27.9. The maximum atomic E-state index is 11.3. The van der Waals surface area contributed by atoms with Crippen LogP contribution in [-0.2, 0) is 30.6 Å². The number of halogens is 8. The summed E-state index contributed by atoms with van der Waals surface area (Å²) >= 11 is 30.2. The average Bonchev–Trinajstić information content (AvgIpc) is 4.07. The van der Waals surface area contributed by atoms with Gasteiger partial charge >= 0.3 is 0 Å². The summed E-state index contributed by atoms with van der Waals surface area (Å²) in [5.41, 5.74) is 3.40. The van der Waals surface area contributed by atoms with E-state index in [0.717, 1.165) is 82.6 Å². The molecule has 0 radical (unpaired) electrons. The molecule has 3 unspecified atom stereocenters. The van der Waals surface area contributed by atoms with Crippen molar-refractivity contribution in [3.8, 4) is 17.2 Å². The minimum Gasteiger partial charge on any atom is -0.489 e. The molecule has 60 heavy (non-hydrogen) atoms. The second-order valence-corrected chi connectivity index (χ2v) is 24.3. The molecule has 0 aliphatic carbocycles. The minimum absolute atomic E-state index is 0.0671. The first-order valence-corrected chi connectivity index (χ1v) is 25.7. The van der Waals surface area contributed by atoms with Crippen LogP contribution in [0.2, 0.25) is 0 Å². The Kier molecular flexibility index (Phi) is 16.0. The van der Waals surface area contributed by atoms with E-state index in [1.54, 1.807) is 0 Å². The van der Waals surface area contributed by atoms with Gasteiger partial charge in [0.1, 0.15) is 48.3 Å². The molecule has 2 fully saturated rings. The lowest BCUT2D eigenvalue weighted by Crippen LogP contribution is -2.35. The van der Waals surface area contributed by atoms with Gasteiger partial charge in [0.25, 0.3) is 0 Å². The highest BCUT2D eigenvalue weighted by molar-refractivity contribution is 9.12. The minimum atomic E-state index is -0.815. The van der Waals surface area contributed by atoms with Crippen LogP contribution in [0.3, 0.4) is 0 Å². The van der Waals surface area contributed by atoms with Gasteiger partial charge in [-0.3, -0.25) is 0 Å². The maximum Gasteiger partial charge on any atom is 0.148 e. The summed E-state index contributed by atoms with van der Waals surface area (Å²) in [5, 5.41) is 11.3. The van der Waals surface area contributed by atoms with Crippen molar-refractivity contribution in [2.45, 2.75) is 102 Å². The Morgan fingerprint density at radius 1 is 0.550 bits per heavy atom. The van der Waals surface area contributed by atoms with Crippen molar-refractivity contribution in [2.75, 3.05) is 33.0 Å². The van der Waals surface area contributed by atoms with E-state index in [-0.39, 0.29) is 29.6 Å². The fraction of sp³-hybridized carbons (Fsp3) is 0.467. The topological polar surface area (TPSA) is 82.2 Å². The zero-order chi connectivity index (χ0) is 44.1. The normalized spacial score (nSPS) is 17.4. The summed E-state index contributed by atoms with van der Waals surface area (Å²) in [6.07, 6.45) is -0.148. The molecular formula is C45H48Br8O7. The number of aliphatic hydroxyl groups excluding tert-OH is 1. The molecule has 15 heteroatoms. The highest BCUT2D eigenvalue weighted by Crippen LogP contribution is 2.47. The highest BCUT2D eigenvalue weighted by atomic mass is 79.9. The predicted octanol–water partition coefficient (Wildman–Crippen LogP) is 14.9. The van der Waals surface area contributed by atoms with E-state index in [9.17, 15) is 5.11 Å². The average molecular weight is 1340 g/mol. The summed E-state index contributed by atoms with van der Waals surface area (Å²) in [6.45, 7) is 19.5. The lowest BCUT2D eigenvalue weighted by Gasteiger charge is -2.32. The molecule has 4 aromatic carbocycles. The zero-order valence-electron chi connectivity index (χ0n) is 34.5. The summed E-state index contributed by atoms with van der Waals surface area (Å²) in [4.78, 5) is 0. The Morgan fingerprint density at radius 2 is 0.900 bits per heavy atom. The van der Waals surface area contributed by atoms with Crippen LogP contribution < -0.4 is 14.2 Å². The number of ether oxygens (including phenoxy) is 6. The number of aliphatic hydroxyl groups is 1. The third-order valence-electron chi connectivity index (χ3n) is 10.9. The van der Waals surface area contributed by atoms with Gasteiger partial charge < -0.3 is 33.5 Å². The Hall–Kier alpha value is -0.0400. The molecular weight excluding hydrogens is 1290 g/mol. The predicted molar refractivity (Wildman–Crippen MR) is 266 cm³/mol. The Labute approximate surface area is 421 Å². The van der Waals surface area contributed by atoms with Crippen LogP contribution in [-0.4, -0.2) is 62.1 Å². The summed E-state index contributed by atoms with van der Waals surface area (Å²) in [6, 6.07) is 16.8. The van der Waals surface area contributed by atoms with Gasteiger partial charge in [0.05, 0.1) is 58.4 Å². The van der Waals surface area contributed by atoms with Crippen LogP contribution in [0, 0.1) is 0 Å². The van der Waals surface area contributed by atoms with E-state index in [1.165, 1.54) is 0 Å². The first kappa shape index (κ1) is 49.4. The highest BCUT2D eigenvalue weighted by Gasteiger charge is 2.35. The van der Waals surface area contributed by atoms with Crippen molar-refractivity contribution >= 4 is 127 Å². The SMILES string of the molecule is CC(C)(CC(O)COc1c(Br)cc(C(C)(C)c2cc(Br)c(C(C)(C)OCC3CO3)c(Br)c2)cc1Br)Oc1c(Br)cc(C(C)(C)c2cc(Br)c(OCC3CO3)c(Br)c2)cc1Br. The summed E-state index contributed by atoms with van der Waals surface area (Å²) < 4.78 is 42.6. The van der Waals surface area contributed by atoms with Crippen LogP contribution >= 0.6 is 127 Å². The number of benzene rings is 4. The fourth-order valence-electron chi connectivity index (χ4n) is 6.98. The molecule has 0 amide bonds. The van der Waals surface area contributed by atoms with E-state index in [2.05, 4.69) is 218 Å².